The molecular weight excluding hydrogens is 436 g/mol. The molecule has 4 rings (SSSR count). The average molecular weight is 463 g/mol. The number of methoxy groups -OCH3 is 1. The number of carboxylic acid groups (broad SMARTS) is 1. The van der Waals surface area contributed by atoms with Crippen LogP contribution in [-0.4, -0.2) is 33.4 Å². The molecule has 0 aliphatic heterocycles. The van der Waals surface area contributed by atoms with Crippen molar-refractivity contribution >= 4 is 34.5 Å². The molecule has 0 saturated carbocycles. The van der Waals surface area contributed by atoms with Crippen molar-refractivity contribution in [2.24, 2.45) is 0 Å². The Kier molecular flexibility index (Phi) is 6.46. The predicted molar refractivity (Wildman–Crippen MR) is 131 cm³/mol. The molecule has 0 aliphatic rings. The highest BCUT2D eigenvalue weighted by atomic mass is 32.1. The fourth-order valence-electron chi connectivity index (χ4n) is 3.84. The molecule has 8 heteroatoms. The van der Waals surface area contributed by atoms with Crippen molar-refractivity contribution in [3.63, 3.8) is 0 Å². The molecule has 0 atom stereocenters. The Labute approximate surface area is 196 Å². The average Bonchev–Trinajstić information content (AvgIpc) is 3.52. The number of carbonyl (C=O) groups is 1. The molecule has 0 unspecified atom stereocenters. The molecule has 0 spiro atoms. The van der Waals surface area contributed by atoms with Crippen LogP contribution in [0.25, 0.3) is 10.6 Å². The Morgan fingerprint density at radius 3 is 2.58 bits per heavy atom. The number of nitrogens with zero attached hydrogens (tertiary/aromatic N) is 3. The highest BCUT2D eigenvalue weighted by Gasteiger charge is 2.24. The minimum atomic E-state index is -1.03. The quantitative estimate of drug-likeness (QED) is 0.327. The number of hydrogen-bond donors (Lipinski definition) is 2. The maximum Gasteiger partial charge on any atom is 0.337 e. The first-order valence-corrected chi connectivity index (χ1v) is 11.6. The van der Waals surface area contributed by atoms with Crippen LogP contribution in [0.3, 0.4) is 0 Å². The van der Waals surface area contributed by atoms with Crippen LogP contribution in [-0.2, 0) is 12.8 Å². The SMILES string of the molecule is CCc1csc(-c2cc(C)c(N(c3ccn[nH]3)c3ccc(OC)cc3C(=O)O)cc2CC)n1. The number of aromatic amines is 1. The molecule has 2 aromatic heterocycles. The second-order valence-electron chi connectivity index (χ2n) is 7.61. The summed E-state index contributed by atoms with van der Waals surface area (Å²) in [6.45, 7) is 6.24. The van der Waals surface area contributed by atoms with Crippen LogP contribution in [0.15, 0.2) is 48.0 Å². The summed E-state index contributed by atoms with van der Waals surface area (Å²) in [5.41, 5.74) is 5.87. The normalized spacial score (nSPS) is 10.9. The molecule has 2 N–H and O–H groups in total. The van der Waals surface area contributed by atoms with E-state index in [0.29, 0.717) is 17.3 Å². The lowest BCUT2D eigenvalue weighted by Crippen LogP contribution is -2.16. The van der Waals surface area contributed by atoms with Gasteiger partial charge in [0.15, 0.2) is 0 Å². The molecule has 0 aliphatic carbocycles. The Morgan fingerprint density at radius 1 is 1.15 bits per heavy atom. The second-order valence-corrected chi connectivity index (χ2v) is 8.47. The first-order chi connectivity index (χ1) is 16.0. The summed E-state index contributed by atoms with van der Waals surface area (Å²) in [6.07, 6.45) is 3.37. The summed E-state index contributed by atoms with van der Waals surface area (Å²) < 4.78 is 5.26. The number of rotatable bonds is 8. The molecule has 0 radical (unpaired) electrons. The summed E-state index contributed by atoms with van der Waals surface area (Å²) in [5.74, 6) is 0.119. The van der Waals surface area contributed by atoms with Crippen molar-refractivity contribution in [1.29, 1.82) is 0 Å². The van der Waals surface area contributed by atoms with Gasteiger partial charge in [0, 0.05) is 17.0 Å². The fourth-order valence-corrected chi connectivity index (χ4v) is 4.79. The van der Waals surface area contributed by atoms with E-state index in [1.54, 1.807) is 29.7 Å². The van der Waals surface area contributed by atoms with Crippen molar-refractivity contribution in [2.45, 2.75) is 33.6 Å². The van der Waals surface area contributed by atoms with Gasteiger partial charge in [0.05, 0.1) is 35.9 Å². The van der Waals surface area contributed by atoms with Gasteiger partial charge in [0.2, 0.25) is 0 Å². The molecule has 4 aromatic rings. The third-order valence-corrected chi connectivity index (χ3v) is 6.51. The van der Waals surface area contributed by atoms with Gasteiger partial charge in [-0.1, -0.05) is 13.8 Å². The Bertz CT molecular complexity index is 1280. The third kappa shape index (κ3) is 4.34. The van der Waals surface area contributed by atoms with E-state index in [4.69, 9.17) is 9.72 Å². The van der Waals surface area contributed by atoms with Gasteiger partial charge in [-0.2, -0.15) is 5.10 Å². The van der Waals surface area contributed by atoms with Gasteiger partial charge in [-0.05, 0) is 61.2 Å². The zero-order valence-electron chi connectivity index (χ0n) is 19.0. The molecule has 2 heterocycles. The lowest BCUT2D eigenvalue weighted by Gasteiger charge is -2.27. The zero-order valence-corrected chi connectivity index (χ0v) is 19.9. The van der Waals surface area contributed by atoms with E-state index in [2.05, 4.69) is 41.6 Å². The Morgan fingerprint density at radius 2 is 1.97 bits per heavy atom. The number of benzene rings is 2. The number of aryl methyl sites for hydroxylation is 3. The lowest BCUT2D eigenvalue weighted by atomic mass is 9.99. The van der Waals surface area contributed by atoms with E-state index in [1.807, 2.05) is 17.9 Å². The van der Waals surface area contributed by atoms with E-state index >= 15 is 0 Å². The van der Waals surface area contributed by atoms with Crippen LogP contribution in [0.2, 0.25) is 0 Å². The lowest BCUT2D eigenvalue weighted by molar-refractivity contribution is 0.0697. The largest absolute Gasteiger partial charge is 0.497 e. The highest BCUT2D eigenvalue weighted by Crippen LogP contribution is 2.41. The van der Waals surface area contributed by atoms with Crippen LogP contribution in [0.5, 0.6) is 5.75 Å². The number of aromatic nitrogens is 3. The van der Waals surface area contributed by atoms with Crippen LogP contribution >= 0.6 is 11.3 Å². The van der Waals surface area contributed by atoms with Gasteiger partial charge in [-0.25, -0.2) is 9.78 Å². The van der Waals surface area contributed by atoms with Gasteiger partial charge < -0.3 is 9.84 Å². The molecule has 0 saturated heterocycles. The Balaban J connectivity index is 1.92. The van der Waals surface area contributed by atoms with Crippen LogP contribution in [0, 0.1) is 6.92 Å². The molecular formula is C25H26N4O3S. The summed E-state index contributed by atoms with van der Waals surface area (Å²) in [4.78, 5) is 18.8. The highest BCUT2D eigenvalue weighted by molar-refractivity contribution is 7.13. The topological polar surface area (TPSA) is 91.3 Å². The van der Waals surface area contributed by atoms with Gasteiger partial charge >= 0.3 is 5.97 Å². The summed E-state index contributed by atoms with van der Waals surface area (Å²) in [7, 11) is 1.52. The molecule has 0 fully saturated rings. The number of aromatic carboxylic acids is 1. The number of anilines is 3. The smallest absolute Gasteiger partial charge is 0.337 e. The van der Waals surface area contributed by atoms with Crippen LogP contribution in [0.1, 0.15) is 41.0 Å². The maximum absolute atomic E-state index is 12.2. The van der Waals surface area contributed by atoms with Crippen molar-refractivity contribution < 1.29 is 14.6 Å². The summed E-state index contributed by atoms with van der Waals surface area (Å²) in [6, 6.07) is 11.1. The van der Waals surface area contributed by atoms with Gasteiger partial charge in [-0.15, -0.1) is 11.3 Å². The number of nitrogens with one attached hydrogen (secondary N) is 1. The first kappa shape index (κ1) is 22.5. The van der Waals surface area contributed by atoms with Crippen molar-refractivity contribution in [1.82, 2.24) is 15.2 Å². The maximum atomic E-state index is 12.2. The minimum Gasteiger partial charge on any atom is -0.497 e. The number of ether oxygens (including phenoxy) is 1. The Hall–Kier alpha value is -3.65. The van der Waals surface area contributed by atoms with E-state index in [9.17, 15) is 9.90 Å². The van der Waals surface area contributed by atoms with Gasteiger partial charge in [-0.3, -0.25) is 10.00 Å². The summed E-state index contributed by atoms with van der Waals surface area (Å²) >= 11 is 1.65. The van der Waals surface area contributed by atoms with Crippen LogP contribution < -0.4 is 9.64 Å². The molecule has 33 heavy (non-hydrogen) atoms. The second kappa shape index (κ2) is 9.46. The number of carboxylic acids is 1. The fraction of sp³-hybridized carbons (Fsp3) is 0.240. The molecule has 2 aromatic carbocycles. The molecule has 0 bridgehead atoms. The zero-order chi connectivity index (χ0) is 23.5. The van der Waals surface area contributed by atoms with E-state index in [1.165, 1.54) is 13.2 Å². The standard InChI is InChI=1S/C25H26N4O3S/c1-5-16-12-22(15(3)11-19(16)24-27-17(6-2)14-33-24)29(23-9-10-26-28-23)21-8-7-18(32-4)13-20(21)25(30)31/h7-14H,5-6H2,1-4H3,(H,26,28)(H,30,31). The van der Waals surface area contributed by atoms with Crippen molar-refractivity contribution in [3.8, 4) is 16.3 Å². The van der Waals surface area contributed by atoms with Gasteiger partial charge in [0.25, 0.3) is 0 Å². The monoisotopic (exact) mass is 462 g/mol. The van der Waals surface area contributed by atoms with Crippen LogP contribution in [0.4, 0.5) is 17.2 Å². The minimum absolute atomic E-state index is 0.137. The van der Waals surface area contributed by atoms with E-state index in [-0.39, 0.29) is 5.56 Å². The van der Waals surface area contributed by atoms with Gasteiger partial charge in [0.1, 0.15) is 16.6 Å². The number of H-pyrrole nitrogens is 1. The van der Waals surface area contributed by atoms with Crippen molar-refractivity contribution in [3.05, 3.63) is 70.4 Å². The first-order valence-electron chi connectivity index (χ1n) is 10.8. The molecule has 170 valence electrons. The molecule has 7 nitrogen and oxygen atoms in total. The number of hydrogen-bond acceptors (Lipinski definition) is 6. The molecule has 0 amide bonds. The summed E-state index contributed by atoms with van der Waals surface area (Å²) in [5, 5.41) is 20.2. The number of thiazole rings is 1. The van der Waals surface area contributed by atoms with E-state index < -0.39 is 5.97 Å². The van der Waals surface area contributed by atoms with Crippen molar-refractivity contribution in [2.75, 3.05) is 12.0 Å². The third-order valence-electron chi connectivity index (χ3n) is 5.59. The predicted octanol–water partition coefficient (Wildman–Crippen LogP) is 6.14. The van der Waals surface area contributed by atoms with E-state index in [0.717, 1.165) is 45.9 Å².